The van der Waals surface area contributed by atoms with Crippen molar-refractivity contribution in [3.05, 3.63) is 59.4 Å². The molecule has 2 aromatic rings. The molecule has 0 saturated carbocycles. The Morgan fingerprint density at radius 2 is 1.96 bits per heavy atom. The van der Waals surface area contributed by atoms with Crippen LogP contribution in [0.3, 0.4) is 0 Å². The van der Waals surface area contributed by atoms with Crippen molar-refractivity contribution in [3.8, 4) is 5.75 Å². The van der Waals surface area contributed by atoms with E-state index >= 15 is 0 Å². The van der Waals surface area contributed by atoms with Crippen LogP contribution in [0.4, 0.5) is 0 Å². The Bertz CT molecular complexity index is 696. The molecule has 0 N–H and O–H groups in total. The number of amides is 1. The van der Waals surface area contributed by atoms with Crippen LogP contribution in [0.1, 0.15) is 12.0 Å². The Morgan fingerprint density at radius 1 is 1.12 bits per heavy atom. The van der Waals surface area contributed by atoms with Crippen LogP contribution >= 0.6 is 11.6 Å². The smallest absolute Gasteiger partial charge is 0.260 e. The Balaban J connectivity index is 1.48. The van der Waals surface area contributed by atoms with Gasteiger partial charge in [0.1, 0.15) is 5.75 Å². The normalized spacial score (nSPS) is 15.6. The largest absolute Gasteiger partial charge is 0.484 e. The third-order valence-electron chi connectivity index (χ3n) is 4.26. The molecule has 0 aliphatic carbocycles. The predicted octanol–water partition coefficient (Wildman–Crippen LogP) is 2.85. The number of benzene rings is 1. The fourth-order valence-electron chi connectivity index (χ4n) is 2.92. The van der Waals surface area contributed by atoms with Gasteiger partial charge in [-0.1, -0.05) is 17.7 Å². The molecule has 1 saturated heterocycles. The topological polar surface area (TPSA) is 45.7 Å². The van der Waals surface area contributed by atoms with Crippen LogP contribution < -0.4 is 4.74 Å². The molecular formula is C19H22ClN3O2. The second kappa shape index (κ2) is 8.83. The monoisotopic (exact) mass is 359 g/mol. The number of nitrogens with zero attached hydrogens (tertiary/aromatic N) is 3. The molecule has 3 rings (SSSR count). The molecule has 1 aromatic heterocycles. The van der Waals surface area contributed by atoms with Crippen molar-refractivity contribution in [2.45, 2.75) is 13.0 Å². The fourth-order valence-corrected chi connectivity index (χ4v) is 3.10. The Morgan fingerprint density at radius 3 is 2.76 bits per heavy atom. The van der Waals surface area contributed by atoms with Gasteiger partial charge in [-0.25, -0.2) is 0 Å². The number of carbonyl (C=O) groups excluding carboxylic acids is 1. The van der Waals surface area contributed by atoms with E-state index in [-0.39, 0.29) is 12.5 Å². The van der Waals surface area contributed by atoms with Crippen LogP contribution in [-0.4, -0.2) is 53.5 Å². The Labute approximate surface area is 153 Å². The van der Waals surface area contributed by atoms with Crippen molar-refractivity contribution in [2.75, 3.05) is 32.8 Å². The van der Waals surface area contributed by atoms with Crippen molar-refractivity contribution in [2.24, 2.45) is 0 Å². The summed E-state index contributed by atoms with van der Waals surface area (Å²) in [5.41, 5.74) is 1.25. The molecule has 0 radical (unpaired) electrons. The van der Waals surface area contributed by atoms with E-state index in [1.165, 1.54) is 5.56 Å². The highest BCUT2D eigenvalue weighted by molar-refractivity contribution is 6.30. The molecule has 2 heterocycles. The lowest BCUT2D eigenvalue weighted by Crippen LogP contribution is -2.38. The second-order valence-corrected chi connectivity index (χ2v) is 6.55. The van der Waals surface area contributed by atoms with E-state index < -0.39 is 0 Å². The lowest BCUT2D eigenvalue weighted by Gasteiger charge is -2.22. The molecule has 5 nitrogen and oxygen atoms in total. The summed E-state index contributed by atoms with van der Waals surface area (Å²) in [6, 6.07) is 11.2. The molecule has 0 spiro atoms. The zero-order chi connectivity index (χ0) is 17.5. The van der Waals surface area contributed by atoms with Gasteiger partial charge in [-0.3, -0.25) is 14.7 Å². The molecule has 1 aliphatic rings. The second-order valence-electron chi connectivity index (χ2n) is 6.11. The lowest BCUT2D eigenvalue weighted by molar-refractivity contribution is -0.133. The van der Waals surface area contributed by atoms with Gasteiger partial charge in [0.15, 0.2) is 6.61 Å². The summed E-state index contributed by atoms with van der Waals surface area (Å²) < 4.78 is 5.57. The van der Waals surface area contributed by atoms with Gasteiger partial charge in [-0.05, 0) is 42.3 Å². The van der Waals surface area contributed by atoms with Crippen LogP contribution in [0.25, 0.3) is 0 Å². The first-order valence-corrected chi connectivity index (χ1v) is 8.86. The molecular weight excluding hydrogens is 338 g/mol. The number of rotatable bonds is 5. The van der Waals surface area contributed by atoms with Crippen LogP contribution in [-0.2, 0) is 11.3 Å². The summed E-state index contributed by atoms with van der Waals surface area (Å²) in [5.74, 6) is 0.640. The molecule has 0 atom stereocenters. The molecule has 25 heavy (non-hydrogen) atoms. The van der Waals surface area contributed by atoms with Crippen LogP contribution in [0.2, 0.25) is 5.02 Å². The first-order chi connectivity index (χ1) is 12.2. The minimum absolute atomic E-state index is 0.0192. The zero-order valence-corrected chi connectivity index (χ0v) is 14.9. The molecule has 1 amide bonds. The highest BCUT2D eigenvalue weighted by Gasteiger charge is 2.19. The molecule has 0 bridgehead atoms. The first kappa shape index (κ1) is 17.7. The molecule has 132 valence electrons. The Hall–Kier alpha value is -2.11. The van der Waals surface area contributed by atoms with Gasteiger partial charge >= 0.3 is 0 Å². The zero-order valence-electron chi connectivity index (χ0n) is 14.1. The van der Waals surface area contributed by atoms with Gasteiger partial charge in [0.25, 0.3) is 5.91 Å². The first-order valence-electron chi connectivity index (χ1n) is 8.48. The van der Waals surface area contributed by atoms with Gasteiger partial charge in [0.2, 0.25) is 0 Å². The van der Waals surface area contributed by atoms with Gasteiger partial charge in [-0.2, -0.15) is 0 Å². The summed E-state index contributed by atoms with van der Waals surface area (Å²) in [4.78, 5) is 20.7. The predicted molar refractivity (Wildman–Crippen MR) is 97.7 cm³/mol. The molecule has 1 fully saturated rings. The molecule has 0 unspecified atom stereocenters. The van der Waals surface area contributed by atoms with E-state index in [9.17, 15) is 4.79 Å². The highest BCUT2D eigenvalue weighted by atomic mass is 35.5. The fraction of sp³-hybridized carbons (Fsp3) is 0.368. The van der Waals surface area contributed by atoms with Gasteiger partial charge in [-0.15, -0.1) is 0 Å². The summed E-state index contributed by atoms with van der Waals surface area (Å²) >= 11 is 5.93. The third-order valence-corrected chi connectivity index (χ3v) is 4.49. The van der Waals surface area contributed by atoms with Crippen molar-refractivity contribution in [1.29, 1.82) is 0 Å². The summed E-state index contributed by atoms with van der Waals surface area (Å²) in [7, 11) is 0. The third kappa shape index (κ3) is 5.44. The maximum atomic E-state index is 12.4. The standard InChI is InChI=1S/C19H22ClN3O2/c20-17-3-1-4-18(13-17)25-15-19(24)23-10-2-9-22(11-12-23)14-16-5-7-21-8-6-16/h1,3-8,13H,2,9-12,14-15H2. The van der Waals surface area contributed by atoms with Crippen LogP contribution in [0, 0.1) is 0 Å². The summed E-state index contributed by atoms with van der Waals surface area (Å²) in [5, 5.41) is 0.603. The van der Waals surface area contributed by atoms with Gasteiger partial charge < -0.3 is 9.64 Å². The maximum absolute atomic E-state index is 12.4. The van der Waals surface area contributed by atoms with Crippen molar-refractivity contribution in [3.63, 3.8) is 0 Å². The van der Waals surface area contributed by atoms with E-state index in [1.807, 2.05) is 35.5 Å². The number of ether oxygens (including phenoxy) is 1. The lowest BCUT2D eigenvalue weighted by atomic mass is 10.2. The average Bonchev–Trinajstić information content (AvgIpc) is 2.86. The average molecular weight is 360 g/mol. The number of hydrogen-bond acceptors (Lipinski definition) is 4. The van der Waals surface area contributed by atoms with Crippen molar-refractivity contribution < 1.29 is 9.53 Å². The number of halogens is 1. The van der Waals surface area contributed by atoms with Gasteiger partial charge in [0, 0.05) is 50.1 Å². The van der Waals surface area contributed by atoms with E-state index in [4.69, 9.17) is 16.3 Å². The van der Waals surface area contributed by atoms with E-state index in [2.05, 4.69) is 9.88 Å². The quantitative estimate of drug-likeness (QED) is 0.823. The molecule has 1 aromatic carbocycles. The van der Waals surface area contributed by atoms with E-state index in [0.717, 1.165) is 39.1 Å². The van der Waals surface area contributed by atoms with Crippen molar-refractivity contribution >= 4 is 17.5 Å². The van der Waals surface area contributed by atoms with Crippen LogP contribution in [0.15, 0.2) is 48.8 Å². The minimum atomic E-state index is 0.0192. The number of aromatic nitrogens is 1. The van der Waals surface area contributed by atoms with E-state index in [1.54, 1.807) is 18.2 Å². The Kier molecular flexibility index (Phi) is 6.25. The number of carbonyl (C=O) groups is 1. The van der Waals surface area contributed by atoms with Gasteiger partial charge in [0.05, 0.1) is 0 Å². The van der Waals surface area contributed by atoms with Crippen molar-refractivity contribution in [1.82, 2.24) is 14.8 Å². The number of hydrogen-bond donors (Lipinski definition) is 0. The molecule has 6 heteroatoms. The van der Waals surface area contributed by atoms with Crippen LogP contribution in [0.5, 0.6) is 5.75 Å². The van der Waals surface area contributed by atoms with E-state index in [0.29, 0.717) is 10.8 Å². The summed E-state index contributed by atoms with van der Waals surface area (Å²) in [6.45, 7) is 4.29. The summed E-state index contributed by atoms with van der Waals surface area (Å²) in [6.07, 6.45) is 4.60. The SMILES string of the molecule is O=C(COc1cccc(Cl)c1)N1CCCN(Cc2ccncc2)CC1. The molecule has 1 aliphatic heterocycles. The highest BCUT2D eigenvalue weighted by Crippen LogP contribution is 2.17. The minimum Gasteiger partial charge on any atom is -0.484 e. The number of pyridine rings is 1. The maximum Gasteiger partial charge on any atom is 0.260 e.